The molecule has 1 rings (SSSR count). The quantitative estimate of drug-likeness (QED) is 0.539. The van der Waals surface area contributed by atoms with E-state index in [0.29, 0.717) is 12.3 Å². The van der Waals surface area contributed by atoms with Crippen molar-refractivity contribution in [1.82, 2.24) is 0 Å². The number of carbonyl (C=O) groups is 1. The zero-order valence-electron chi connectivity index (χ0n) is 6.27. The molecule has 0 radical (unpaired) electrons. The molecule has 10 heavy (non-hydrogen) atoms. The van der Waals surface area contributed by atoms with Crippen molar-refractivity contribution in [2.24, 2.45) is 5.92 Å². The molecule has 0 saturated heterocycles. The summed E-state index contributed by atoms with van der Waals surface area (Å²) in [5, 5.41) is -0.182. The Morgan fingerprint density at radius 3 is 2.90 bits per heavy atom. The van der Waals surface area contributed by atoms with E-state index in [2.05, 4.69) is 6.92 Å². The van der Waals surface area contributed by atoms with Crippen LogP contribution < -0.4 is 0 Å². The van der Waals surface area contributed by atoms with Gasteiger partial charge in [0.25, 0.3) is 0 Å². The van der Waals surface area contributed by atoms with Gasteiger partial charge in [-0.15, -0.1) is 11.6 Å². The second-order valence-corrected chi connectivity index (χ2v) is 3.40. The van der Waals surface area contributed by atoms with E-state index in [4.69, 9.17) is 11.6 Å². The molecule has 0 amide bonds. The summed E-state index contributed by atoms with van der Waals surface area (Å²) in [5.41, 5.74) is 0. The Morgan fingerprint density at radius 1 is 1.70 bits per heavy atom. The Kier molecular flexibility index (Phi) is 2.72. The maximum atomic E-state index is 11.0. The molecule has 0 aromatic carbocycles. The Labute approximate surface area is 66.8 Å². The van der Waals surface area contributed by atoms with Gasteiger partial charge in [-0.1, -0.05) is 13.3 Å². The normalized spacial score (nSPS) is 34.4. The van der Waals surface area contributed by atoms with E-state index in [1.807, 2.05) is 0 Å². The summed E-state index contributed by atoms with van der Waals surface area (Å²) in [6.07, 6.45) is 3.92. The van der Waals surface area contributed by atoms with E-state index < -0.39 is 0 Å². The van der Waals surface area contributed by atoms with Gasteiger partial charge in [-0.25, -0.2) is 0 Å². The smallest absolute Gasteiger partial charge is 0.150 e. The van der Waals surface area contributed by atoms with Crippen LogP contribution in [-0.2, 0) is 4.79 Å². The van der Waals surface area contributed by atoms with E-state index in [-0.39, 0.29) is 11.2 Å². The Hall–Kier alpha value is -0.0400. The average molecular weight is 161 g/mol. The third-order valence-corrected chi connectivity index (χ3v) is 2.84. The van der Waals surface area contributed by atoms with Crippen LogP contribution in [-0.4, -0.2) is 11.2 Å². The summed E-state index contributed by atoms with van der Waals surface area (Å²) < 4.78 is 0. The third-order valence-electron chi connectivity index (χ3n) is 2.24. The molecule has 1 aliphatic carbocycles. The predicted octanol–water partition coefficient (Wildman–Crippen LogP) is 2.37. The van der Waals surface area contributed by atoms with Crippen LogP contribution in [0.5, 0.6) is 0 Å². The lowest BCUT2D eigenvalue weighted by molar-refractivity contribution is -0.121. The molecular weight excluding hydrogens is 148 g/mol. The number of halogens is 1. The molecular formula is C8H13ClO. The number of hydrogen-bond acceptors (Lipinski definition) is 1. The highest BCUT2D eigenvalue weighted by molar-refractivity contribution is 6.31. The van der Waals surface area contributed by atoms with Gasteiger partial charge < -0.3 is 0 Å². The molecule has 0 spiro atoms. The van der Waals surface area contributed by atoms with Crippen molar-refractivity contribution in [1.29, 1.82) is 0 Å². The maximum Gasteiger partial charge on any atom is 0.150 e. The minimum atomic E-state index is -0.182. The van der Waals surface area contributed by atoms with E-state index in [1.54, 1.807) is 0 Å². The highest BCUT2D eigenvalue weighted by atomic mass is 35.5. The fourth-order valence-electron chi connectivity index (χ4n) is 1.50. The topological polar surface area (TPSA) is 17.1 Å². The van der Waals surface area contributed by atoms with Crippen LogP contribution in [0.3, 0.4) is 0 Å². The number of alkyl halides is 1. The second-order valence-electron chi connectivity index (χ2n) is 2.93. The van der Waals surface area contributed by atoms with Gasteiger partial charge in [0.2, 0.25) is 0 Å². The first-order chi connectivity index (χ1) is 4.75. The van der Waals surface area contributed by atoms with Crippen LogP contribution in [0.25, 0.3) is 0 Å². The van der Waals surface area contributed by atoms with E-state index in [9.17, 15) is 4.79 Å². The lowest BCUT2D eigenvalue weighted by Crippen LogP contribution is -2.28. The van der Waals surface area contributed by atoms with Gasteiger partial charge in [0, 0.05) is 6.42 Å². The van der Waals surface area contributed by atoms with Gasteiger partial charge in [0.05, 0.1) is 5.38 Å². The zero-order chi connectivity index (χ0) is 7.56. The molecule has 2 heteroatoms. The van der Waals surface area contributed by atoms with Gasteiger partial charge in [-0.2, -0.15) is 0 Å². The molecule has 0 unspecified atom stereocenters. The Bertz CT molecular complexity index is 133. The van der Waals surface area contributed by atoms with Crippen LogP contribution >= 0.6 is 11.6 Å². The van der Waals surface area contributed by atoms with Gasteiger partial charge in [-0.05, 0) is 18.8 Å². The minimum absolute atomic E-state index is 0.182. The number of rotatable bonds is 1. The van der Waals surface area contributed by atoms with Crippen LogP contribution in [0.4, 0.5) is 0 Å². The monoisotopic (exact) mass is 160 g/mol. The van der Waals surface area contributed by atoms with Gasteiger partial charge >= 0.3 is 0 Å². The van der Waals surface area contributed by atoms with Crippen LogP contribution in [0, 0.1) is 5.92 Å². The van der Waals surface area contributed by atoms with Crippen molar-refractivity contribution in [2.45, 2.75) is 38.0 Å². The van der Waals surface area contributed by atoms with Gasteiger partial charge in [-0.3, -0.25) is 4.79 Å². The van der Waals surface area contributed by atoms with Crippen LogP contribution in [0.1, 0.15) is 32.6 Å². The molecule has 58 valence electrons. The summed E-state index contributed by atoms with van der Waals surface area (Å²) in [7, 11) is 0. The van der Waals surface area contributed by atoms with Crippen molar-refractivity contribution in [3.63, 3.8) is 0 Å². The highest BCUT2D eigenvalue weighted by Crippen LogP contribution is 2.28. The molecule has 2 atom stereocenters. The Balaban J connectivity index is 2.51. The van der Waals surface area contributed by atoms with Gasteiger partial charge in [0.1, 0.15) is 0 Å². The number of ketones is 1. The molecule has 0 N–H and O–H groups in total. The lowest BCUT2D eigenvalue weighted by Gasteiger charge is -2.24. The molecule has 0 aliphatic heterocycles. The van der Waals surface area contributed by atoms with Crippen molar-refractivity contribution in [2.75, 3.05) is 0 Å². The fourth-order valence-corrected chi connectivity index (χ4v) is 1.91. The summed E-state index contributed by atoms with van der Waals surface area (Å²) >= 11 is 5.88. The van der Waals surface area contributed by atoms with Crippen LogP contribution in [0.15, 0.2) is 0 Å². The van der Waals surface area contributed by atoms with Gasteiger partial charge in [0.15, 0.2) is 5.78 Å². The summed E-state index contributed by atoms with van der Waals surface area (Å²) in [6, 6.07) is 0. The molecule has 0 aromatic rings. The van der Waals surface area contributed by atoms with E-state index in [1.165, 1.54) is 0 Å². The fraction of sp³-hybridized carbons (Fsp3) is 0.875. The predicted molar refractivity (Wildman–Crippen MR) is 42.3 cm³/mol. The summed E-state index contributed by atoms with van der Waals surface area (Å²) in [4.78, 5) is 11.0. The van der Waals surface area contributed by atoms with Crippen molar-refractivity contribution in [3.05, 3.63) is 0 Å². The van der Waals surface area contributed by atoms with E-state index in [0.717, 1.165) is 19.3 Å². The van der Waals surface area contributed by atoms with Crippen molar-refractivity contribution < 1.29 is 4.79 Å². The Morgan fingerprint density at radius 2 is 2.40 bits per heavy atom. The molecule has 0 aromatic heterocycles. The molecule has 0 heterocycles. The molecule has 0 bridgehead atoms. The lowest BCUT2D eigenvalue weighted by atomic mass is 9.86. The molecule has 1 nitrogen and oxygen atoms in total. The first kappa shape index (κ1) is 8.06. The van der Waals surface area contributed by atoms with Crippen molar-refractivity contribution >= 4 is 17.4 Å². The molecule has 1 aliphatic rings. The first-order valence-corrected chi connectivity index (χ1v) is 4.36. The second kappa shape index (κ2) is 3.38. The first-order valence-electron chi connectivity index (χ1n) is 3.92. The average Bonchev–Trinajstić information content (AvgIpc) is 1.95. The maximum absolute atomic E-state index is 11.0. The highest BCUT2D eigenvalue weighted by Gasteiger charge is 2.28. The largest absolute Gasteiger partial charge is 0.298 e. The number of Topliss-reactive ketones (excluding diaryl/α,β-unsaturated/α-hetero) is 1. The summed E-state index contributed by atoms with van der Waals surface area (Å²) in [6.45, 7) is 2.10. The van der Waals surface area contributed by atoms with E-state index >= 15 is 0 Å². The zero-order valence-corrected chi connectivity index (χ0v) is 7.03. The standard InChI is InChI=1S/C8H13ClO/c1-2-6-4-3-5-7(10)8(6)9/h6,8H,2-5H2,1H3/t6-,8-/m0/s1. The third kappa shape index (κ3) is 1.51. The van der Waals surface area contributed by atoms with Crippen molar-refractivity contribution in [3.8, 4) is 0 Å². The number of hydrogen-bond donors (Lipinski definition) is 0. The molecule has 1 fully saturated rings. The SMILES string of the molecule is CC[C@H]1CCCC(=O)[C@H]1Cl. The van der Waals surface area contributed by atoms with Crippen LogP contribution in [0.2, 0.25) is 0 Å². The molecule has 1 saturated carbocycles. The minimum Gasteiger partial charge on any atom is -0.298 e. The number of carbonyl (C=O) groups excluding carboxylic acids is 1. The summed E-state index contributed by atoms with van der Waals surface area (Å²) in [5.74, 6) is 0.697.